The molecule has 3 fully saturated rings. The zero-order chi connectivity index (χ0) is 25.4. The van der Waals surface area contributed by atoms with Crippen LogP contribution in [0.2, 0.25) is 0 Å². The van der Waals surface area contributed by atoms with Crippen LogP contribution in [0.1, 0.15) is 76.1 Å². The fourth-order valence-corrected chi connectivity index (χ4v) is 7.11. The highest BCUT2D eigenvalue weighted by Gasteiger charge is 2.62. The highest BCUT2D eigenvalue weighted by atomic mass is 16.5. The van der Waals surface area contributed by atoms with Crippen molar-refractivity contribution < 1.29 is 33.4 Å². The van der Waals surface area contributed by atoms with E-state index in [1.165, 1.54) is 14.0 Å². The number of hydrogen-bond donors (Lipinski definition) is 0. The van der Waals surface area contributed by atoms with E-state index < -0.39 is 17.4 Å². The number of rotatable bonds is 5. The SMILES string of the molecule is COC(=O)[C@H]1[C@H]2CC[C@H](OC(=O)c3ccccc3)[C@@]2(C)CC[C@H]1[C@]1(C)CC[C@H](OC(C)=O)CC1=O. The third kappa shape index (κ3) is 4.62. The van der Waals surface area contributed by atoms with Crippen LogP contribution in [-0.2, 0) is 28.6 Å². The van der Waals surface area contributed by atoms with E-state index in [-0.39, 0.29) is 53.5 Å². The van der Waals surface area contributed by atoms with Gasteiger partial charge in [0.1, 0.15) is 18.0 Å². The monoisotopic (exact) mass is 484 g/mol. The molecular weight excluding hydrogens is 448 g/mol. The van der Waals surface area contributed by atoms with Gasteiger partial charge in [0.25, 0.3) is 0 Å². The van der Waals surface area contributed by atoms with E-state index in [1.54, 1.807) is 12.1 Å². The maximum atomic E-state index is 13.4. The molecule has 0 amide bonds. The second-order valence-corrected chi connectivity index (χ2v) is 11.0. The minimum Gasteiger partial charge on any atom is -0.469 e. The molecule has 0 N–H and O–H groups in total. The van der Waals surface area contributed by atoms with Gasteiger partial charge in [-0.3, -0.25) is 14.4 Å². The molecular formula is C28H36O7. The van der Waals surface area contributed by atoms with Crippen LogP contribution in [0.15, 0.2) is 30.3 Å². The molecule has 3 saturated carbocycles. The van der Waals surface area contributed by atoms with Crippen molar-refractivity contribution in [2.45, 2.75) is 77.9 Å². The minimum absolute atomic E-state index is 0.0434. The Labute approximate surface area is 206 Å². The molecule has 190 valence electrons. The number of ether oxygens (including phenoxy) is 3. The summed E-state index contributed by atoms with van der Waals surface area (Å²) < 4.78 is 16.6. The predicted octanol–water partition coefficient (Wildman–Crippen LogP) is 4.52. The Morgan fingerprint density at radius 2 is 1.63 bits per heavy atom. The molecule has 7 nitrogen and oxygen atoms in total. The van der Waals surface area contributed by atoms with E-state index in [9.17, 15) is 19.2 Å². The lowest BCUT2D eigenvalue weighted by Gasteiger charge is -2.52. The topological polar surface area (TPSA) is 96.0 Å². The summed E-state index contributed by atoms with van der Waals surface area (Å²) in [7, 11) is 1.40. The number of esters is 3. The first kappa shape index (κ1) is 25.4. The van der Waals surface area contributed by atoms with Crippen LogP contribution in [0.4, 0.5) is 0 Å². The third-order valence-electron chi connectivity index (χ3n) is 9.10. The quantitative estimate of drug-likeness (QED) is 0.448. The van der Waals surface area contributed by atoms with Gasteiger partial charge in [0, 0.05) is 24.2 Å². The lowest BCUT2D eigenvalue weighted by Crippen LogP contribution is -2.54. The number of hydrogen-bond acceptors (Lipinski definition) is 7. The largest absolute Gasteiger partial charge is 0.469 e. The predicted molar refractivity (Wildman–Crippen MR) is 127 cm³/mol. The molecule has 0 aromatic heterocycles. The number of ketones is 1. The van der Waals surface area contributed by atoms with Crippen molar-refractivity contribution in [1.29, 1.82) is 0 Å². The lowest BCUT2D eigenvalue weighted by atomic mass is 9.51. The Bertz CT molecular complexity index is 988. The van der Waals surface area contributed by atoms with Crippen molar-refractivity contribution >= 4 is 23.7 Å². The van der Waals surface area contributed by atoms with E-state index in [4.69, 9.17) is 14.2 Å². The summed E-state index contributed by atoms with van der Waals surface area (Å²) >= 11 is 0. The maximum absolute atomic E-state index is 13.4. The average molecular weight is 485 g/mol. The Morgan fingerprint density at radius 1 is 0.914 bits per heavy atom. The van der Waals surface area contributed by atoms with Gasteiger partial charge in [0.2, 0.25) is 0 Å². The van der Waals surface area contributed by atoms with Crippen LogP contribution >= 0.6 is 0 Å². The fourth-order valence-electron chi connectivity index (χ4n) is 7.11. The van der Waals surface area contributed by atoms with Crippen molar-refractivity contribution in [1.82, 2.24) is 0 Å². The van der Waals surface area contributed by atoms with Crippen LogP contribution in [-0.4, -0.2) is 43.0 Å². The maximum Gasteiger partial charge on any atom is 0.338 e. The number of methoxy groups -OCH3 is 1. The molecule has 7 atom stereocenters. The van der Waals surface area contributed by atoms with E-state index in [0.29, 0.717) is 31.2 Å². The van der Waals surface area contributed by atoms with Crippen LogP contribution in [0.5, 0.6) is 0 Å². The van der Waals surface area contributed by atoms with Crippen molar-refractivity contribution in [2.24, 2.45) is 28.6 Å². The number of benzene rings is 1. The van der Waals surface area contributed by atoms with Gasteiger partial charge in [0.05, 0.1) is 18.6 Å². The van der Waals surface area contributed by atoms with Gasteiger partial charge in [-0.1, -0.05) is 32.0 Å². The summed E-state index contributed by atoms with van der Waals surface area (Å²) in [6.45, 7) is 5.43. The molecule has 7 heteroatoms. The Hall–Kier alpha value is -2.70. The molecule has 0 saturated heterocycles. The smallest absolute Gasteiger partial charge is 0.338 e. The van der Waals surface area contributed by atoms with Crippen molar-refractivity contribution in [2.75, 3.05) is 7.11 Å². The van der Waals surface area contributed by atoms with Gasteiger partial charge in [-0.2, -0.15) is 0 Å². The summed E-state index contributed by atoms with van der Waals surface area (Å²) in [5.41, 5.74) is -0.538. The highest BCUT2D eigenvalue weighted by Crippen LogP contribution is 2.61. The molecule has 1 aromatic carbocycles. The van der Waals surface area contributed by atoms with Crippen LogP contribution in [0, 0.1) is 28.6 Å². The first-order valence-electron chi connectivity index (χ1n) is 12.6. The van der Waals surface area contributed by atoms with Gasteiger partial charge in [-0.15, -0.1) is 0 Å². The zero-order valence-corrected chi connectivity index (χ0v) is 21.1. The molecule has 0 radical (unpaired) electrons. The fraction of sp³-hybridized carbons (Fsp3) is 0.643. The van der Waals surface area contributed by atoms with Crippen LogP contribution in [0.3, 0.4) is 0 Å². The van der Waals surface area contributed by atoms with Crippen LogP contribution < -0.4 is 0 Å². The summed E-state index contributed by atoms with van der Waals surface area (Å²) in [6, 6.07) is 8.95. The molecule has 4 rings (SSSR count). The molecule has 3 aliphatic carbocycles. The number of carbonyl (C=O) groups is 4. The van der Waals surface area contributed by atoms with Crippen molar-refractivity contribution in [3.63, 3.8) is 0 Å². The molecule has 35 heavy (non-hydrogen) atoms. The number of fused-ring (bicyclic) bond motifs is 1. The van der Waals surface area contributed by atoms with Gasteiger partial charge in [-0.05, 0) is 62.5 Å². The third-order valence-corrected chi connectivity index (χ3v) is 9.10. The van der Waals surface area contributed by atoms with Gasteiger partial charge >= 0.3 is 17.9 Å². The Kier molecular flexibility index (Phi) is 7.07. The van der Waals surface area contributed by atoms with Gasteiger partial charge in [-0.25, -0.2) is 4.79 Å². The molecule has 0 bridgehead atoms. The highest BCUT2D eigenvalue weighted by molar-refractivity contribution is 5.89. The first-order chi connectivity index (χ1) is 16.6. The second kappa shape index (κ2) is 9.75. The standard InChI is InChI=1S/C28H36O7/c1-17(29)34-19-12-14-27(2,22(30)16-19)21-13-15-28(3)20(24(21)26(32)33-4)10-11-23(28)35-25(31)18-8-6-5-7-9-18/h5-9,19-21,23-24H,10-16H2,1-4H3/t19-,20+,21+,23-,24-,27-,28-/m0/s1. The van der Waals surface area contributed by atoms with Crippen molar-refractivity contribution in [3.8, 4) is 0 Å². The average Bonchev–Trinajstić information content (AvgIpc) is 3.16. The van der Waals surface area contributed by atoms with E-state index in [1.807, 2.05) is 25.1 Å². The second-order valence-electron chi connectivity index (χ2n) is 11.0. The number of Topliss-reactive ketones (excluding diaryl/α,β-unsaturated/α-hetero) is 1. The Balaban J connectivity index is 1.56. The molecule has 0 spiro atoms. The van der Waals surface area contributed by atoms with E-state index >= 15 is 0 Å². The van der Waals surface area contributed by atoms with E-state index in [2.05, 4.69) is 6.92 Å². The normalized spacial score (nSPS) is 36.7. The molecule has 0 unspecified atom stereocenters. The summed E-state index contributed by atoms with van der Waals surface area (Å²) in [6.07, 6.45) is 3.51. The zero-order valence-electron chi connectivity index (χ0n) is 21.1. The van der Waals surface area contributed by atoms with E-state index in [0.717, 1.165) is 12.8 Å². The molecule has 0 aliphatic heterocycles. The molecule has 0 heterocycles. The summed E-state index contributed by atoms with van der Waals surface area (Å²) in [5, 5.41) is 0. The minimum atomic E-state index is -0.685. The number of carbonyl (C=O) groups excluding carboxylic acids is 4. The molecule has 3 aliphatic rings. The lowest BCUT2D eigenvalue weighted by molar-refractivity contribution is -0.167. The molecule has 1 aromatic rings. The summed E-state index contributed by atoms with van der Waals surface area (Å²) in [5.74, 6) is -1.63. The van der Waals surface area contributed by atoms with Crippen LogP contribution in [0.25, 0.3) is 0 Å². The Morgan fingerprint density at radius 3 is 2.26 bits per heavy atom. The summed E-state index contributed by atoms with van der Waals surface area (Å²) in [4.78, 5) is 50.8. The van der Waals surface area contributed by atoms with Crippen molar-refractivity contribution in [3.05, 3.63) is 35.9 Å². The van der Waals surface area contributed by atoms with Gasteiger partial charge in [0.15, 0.2) is 0 Å². The first-order valence-corrected chi connectivity index (χ1v) is 12.6. The van der Waals surface area contributed by atoms with Gasteiger partial charge < -0.3 is 14.2 Å².